The smallest absolute Gasteiger partial charge is 0.234 e. The van der Waals surface area contributed by atoms with E-state index < -0.39 is 0 Å². The zero-order chi connectivity index (χ0) is 15.2. The molecule has 4 nitrogen and oxygen atoms in total. The van der Waals surface area contributed by atoms with E-state index in [-0.39, 0.29) is 17.5 Å². The molecule has 1 atom stereocenters. The number of ether oxygens (including phenoxy) is 1. The van der Waals surface area contributed by atoms with Crippen LogP contribution in [0.15, 0.2) is 24.3 Å². The zero-order valence-electron chi connectivity index (χ0n) is 13.1. The van der Waals surface area contributed by atoms with Crippen molar-refractivity contribution in [2.45, 2.75) is 45.7 Å². The van der Waals surface area contributed by atoms with E-state index in [1.165, 1.54) is 0 Å². The molecule has 0 aliphatic heterocycles. The SMILES string of the molecule is COc1ccccc1CC(C)NCC(=O)NC(C)(C)C. The first-order valence-corrected chi connectivity index (χ1v) is 6.98. The Hall–Kier alpha value is -1.55. The van der Waals surface area contributed by atoms with Crippen LogP contribution in [0.4, 0.5) is 0 Å². The second-order valence-electron chi connectivity index (χ2n) is 6.10. The number of carbonyl (C=O) groups excluding carboxylic acids is 1. The number of hydrogen-bond donors (Lipinski definition) is 2. The van der Waals surface area contributed by atoms with Gasteiger partial charge in [0, 0.05) is 11.6 Å². The van der Waals surface area contributed by atoms with Crippen LogP contribution in [0.3, 0.4) is 0 Å². The molecule has 0 saturated heterocycles. The minimum atomic E-state index is -0.190. The zero-order valence-corrected chi connectivity index (χ0v) is 13.1. The summed E-state index contributed by atoms with van der Waals surface area (Å²) in [6.07, 6.45) is 0.826. The fourth-order valence-electron chi connectivity index (χ4n) is 2.00. The fraction of sp³-hybridized carbons (Fsp3) is 0.562. The highest BCUT2D eigenvalue weighted by molar-refractivity contribution is 5.78. The fourth-order valence-corrected chi connectivity index (χ4v) is 2.00. The molecule has 0 spiro atoms. The van der Waals surface area contributed by atoms with Crippen molar-refractivity contribution in [2.75, 3.05) is 13.7 Å². The monoisotopic (exact) mass is 278 g/mol. The first kappa shape index (κ1) is 16.5. The molecule has 0 aliphatic rings. The summed E-state index contributed by atoms with van der Waals surface area (Å²) in [6.45, 7) is 8.32. The molecule has 1 rings (SSSR count). The van der Waals surface area contributed by atoms with E-state index in [4.69, 9.17) is 4.74 Å². The predicted molar refractivity (Wildman–Crippen MR) is 82.1 cm³/mol. The van der Waals surface area contributed by atoms with Crippen LogP contribution in [0.2, 0.25) is 0 Å². The molecule has 0 aromatic heterocycles. The average Bonchev–Trinajstić information content (AvgIpc) is 2.35. The van der Waals surface area contributed by atoms with Crippen molar-refractivity contribution in [3.8, 4) is 5.75 Å². The Bertz CT molecular complexity index is 438. The van der Waals surface area contributed by atoms with E-state index in [1.54, 1.807) is 7.11 Å². The molecule has 1 aromatic carbocycles. The lowest BCUT2D eigenvalue weighted by molar-refractivity contribution is -0.121. The van der Waals surface area contributed by atoms with Crippen LogP contribution < -0.4 is 15.4 Å². The Kier molecular flexibility index (Phi) is 6.02. The summed E-state index contributed by atoms with van der Waals surface area (Å²) in [5.41, 5.74) is 0.955. The lowest BCUT2D eigenvalue weighted by Gasteiger charge is -2.22. The van der Waals surface area contributed by atoms with Gasteiger partial charge in [-0.25, -0.2) is 0 Å². The van der Waals surface area contributed by atoms with E-state index >= 15 is 0 Å². The van der Waals surface area contributed by atoms with Crippen molar-refractivity contribution in [3.05, 3.63) is 29.8 Å². The summed E-state index contributed by atoms with van der Waals surface area (Å²) >= 11 is 0. The van der Waals surface area contributed by atoms with Crippen LogP contribution in [0.5, 0.6) is 5.75 Å². The molecule has 0 heterocycles. The van der Waals surface area contributed by atoms with Gasteiger partial charge in [-0.3, -0.25) is 4.79 Å². The van der Waals surface area contributed by atoms with Gasteiger partial charge in [-0.2, -0.15) is 0 Å². The van der Waals surface area contributed by atoms with Gasteiger partial charge in [-0.1, -0.05) is 18.2 Å². The molecule has 0 saturated carbocycles. The van der Waals surface area contributed by atoms with Gasteiger partial charge in [0.15, 0.2) is 0 Å². The molecule has 1 unspecified atom stereocenters. The molecule has 20 heavy (non-hydrogen) atoms. The van der Waals surface area contributed by atoms with Crippen molar-refractivity contribution in [1.29, 1.82) is 0 Å². The van der Waals surface area contributed by atoms with Crippen molar-refractivity contribution in [2.24, 2.45) is 0 Å². The number of amides is 1. The molecule has 0 fully saturated rings. The van der Waals surface area contributed by atoms with Gasteiger partial charge in [0.05, 0.1) is 13.7 Å². The van der Waals surface area contributed by atoms with Crippen LogP contribution in [0.1, 0.15) is 33.3 Å². The molecule has 2 N–H and O–H groups in total. The molecule has 0 radical (unpaired) electrons. The number of nitrogens with one attached hydrogen (secondary N) is 2. The Morgan fingerprint density at radius 2 is 1.95 bits per heavy atom. The Morgan fingerprint density at radius 3 is 2.55 bits per heavy atom. The molecule has 0 aliphatic carbocycles. The van der Waals surface area contributed by atoms with Gasteiger partial charge in [0.2, 0.25) is 5.91 Å². The second-order valence-corrected chi connectivity index (χ2v) is 6.10. The Balaban J connectivity index is 2.44. The molecule has 4 heteroatoms. The minimum absolute atomic E-state index is 0.0179. The maximum Gasteiger partial charge on any atom is 0.234 e. The van der Waals surface area contributed by atoms with Crippen LogP contribution >= 0.6 is 0 Å². The number of benzene rings is 1. The van der Waals surface area contributed by atoms with Crippen molar-refractivity contribution in [3.63, 3.8) is 0 Å². The average molecular weight is 278 g/mol. The summed E-state index contributed by atoms with van der Waals surface area (Å²) in [6, 6.07) is 8.16. The summed E-state index contributed by atoms with van der Waals surface area (Å²) in [4.78, 5) is 11.7. The van der Waals surface area contributed by atoms with Crippen molar-refractivity contribution < 1.29 is 9.53 Å². The molecule has 112 valence electrons. The Labute approximate surface area is 121 Å². The van der Waals surface area contributed by atoms with Crippen LogP contribution in [0, 0.1) is 0 Å². The van der Waals surface area contributed by atoms with E-state index in [1.807, 2.05) is 45.0 Å². The standard InChI is InChI=1S/C16H26N2O2/c1-12(17-11-15(19)18-16(2,3)4)10-13-8-6-7-9-14(13)20-5/h6-9,12,17H,10-11H2,1-5H3,(H,18,19). The Morgan fingerprint density at radius 1 is 1.30 bits per heavy atom. The van der Waals surface area contributed by atoms with E-state index in [2.05, 4.69) is 17.6 Å². The van der Waals surface area contributed by atoms with Crippen molar-refractivity contribution >= 4 is 5.91 Å². The number of carbonyl (C=O) groups is 1. The van der Waals surface area contributed by atoms with Gasteiger partial charge in [-0.05, 0) is 45.7 Å². The highest BCUT2D eigenvalue weighted by Crippen LogP contribution is 2.18. The van der Waals surface area contributed by atoms with E-state index in [0.717, 1.165) is 17.7 Å². The summed E-state index contributed by atoms with van der Waals surface area (Å²) in [5.74, 6) is 0.907. The second kappa shape index (κ2) is 7.29. The van der Waals surface area contributed by atoms with Gasteiger partial charge in [0.1, 0.15) is 5.75 Å². The first-order valence-electron chi connectivity index (χ1n) is 6.98. The molecular weight excluding hydrogens is 252 g/mol. The largest absolute Gasteiger partial charge is 0.496 e. The normalized spacial score (nSPS) is 12.8. The molecule has 1 aromatic rings. The molecule has 1 amide bonds. The predicted octanol–water partition coefficient (Wildman–Crippen LogP) is 2.13. The van der Waals surface area contributed by atoms with Crippen LogP contribution in [-0.4, -0.2) is 31.1 Å². The van der Waals surface area contributed by atoms with Crippen LogP contribution in [0.25, 0.3) is 0 Å². The molecule has 0 bridgehead atoms. The summed E-state index contributed by atoms with van der Waals surface area (Å²) < 4.78 is 5.33. The maximum absolute atomic E-state index is 11.7. The van der Waals surface area contributed by atoms with Crippen LogP contribution in [-0.2, 0) is 11.2 Å². The quantitative estimate of drug-likeness (QED) is 0.838. The third-order valence-corrected chi connectivity index (χ3v) is 2.84. The third-order valence-electron chi connectivity index (χ3n) is 2.84. The topological polar surface area (TPSA) is 50.4 Å². The highest BCUT2D eigenvalue weighted by atomic mass is 16.5. The lowest BCUT2D eigenvalue weighted by Crippen LogP contribution is -2.46. The first-order chi connectivity index (χ1) is 9.31. The van der Waals surface area contributed by atoms with Gasteiger partial charge in [0.25, 0.3) is 0 Å². The van der Waals surface area contributed by atoms with E-state index in [0.29, 0.717) is 6.54 Å². The van der Waals surface area contributed by atoms with Crippen molar-refractivity contribution in [1.82, 2.24) is 10.6 Å². The lowest BCUT2D eigenvalue weighted by atomic mass is 10.1. The number of hydrogen-bond acceptors (Lipinski definition) is 3. The number of rotatable bonds is 6. The summed E-state index contributed by atoms with van der Waals surface area (Å²) in [7, 11) is 1.67. The maximum atomic E-state index is 11.7. The number of methoxy groups -OCH3 is 1. The van der Waals surface area contributed by atoms with Gasteiger partial charge < -0.3 is 15.4 Å². The van der Waals surface area contributed by atoms with E-state index in [9.17, 15) is 4.79 Å². The summed E-state index contributed by atoms with van der Waals surface area (Å²) in [5, 5.41) is 6.17. The van der Waals surface area contributed by atoms with Gasteiger partial charge >= 0.3 is 0 Å². The number of para-hydroxylation sites is 1. The minimum Gasteiger partial charge on any atom is -0.496 e. The molecular formula is C16H26N2O2. The third kappa shape index (κ3) is 6.06. The highest BCUT2D eigenvalue weighted by Gasteiger charge is 2.14. The van der Waals surface area contributed by atoms with Gasteiger partial charge in [-0.15, -0.1) is 0 Å².